The number of nitroso groups, excluding NO2 is 1. The van der Waals surface area contributed by atoms with E-state index in [0.29, 0.717) is 10.7 Å². The molecule has 2 nitrogen and oxygen atoms in total. The lowest BCUT2D eigenvalue weighted by atomic mass is 10.2. The molecule has 58 valence electrons. The summed E-state index contributed by atoms with van der Waals surface area (Å²) in [5, 5.41) is 3.22. The lowest BCUT2D eigenvalue weighted by molar-refractivity contribution is 1.20. The maximum Gasteiger partial charge on any atom is 0.126 e. The van der Waals surface area contributed by atoms with Crippen LogP contribution < -0.4 is 0 Å². The summed E-state index contributed by atoms with van der Waals surface area (Å²) >= 11 is 5.71. The van der Waals surface area contributed by atoms with Crippen molar-refractivity contribution in [2.45, 2.75) is 13.3 Å². The first-order chi connectivity index (χ1) is 5.24. The van der Waals surface area contributed by atoms with Crippen LogP contribution in [0.5, 0.6) is 0 Å². The molecule has 1 aliphatic carbocycles. The second-order valence-electron chi connectivity index (χ2n) is 2.42. The van der Waals surface area contributed by atoms with Crippen molar-refractivity contribution >= 4 is 11.6 Å². The lowest BCUT2D eigenvalue weighted by Crippen LogP contribution is -1.74. The highest BCUT2D eigenvalue weighted by Gasteiger charge is 2.02. The van der Waals surface area contributed by atoms with Gasteiger partial charge in [0.05, 0.1) is 5.03 Å². The number of nitrogens with zero attached hydrogens (tertiary/aromatic N) is 1. The largest absolute Gasteiger partial charge is 0.145 e. The van der Waals surface area contributed by atoms with Crippen molar-refractivity contribution in [1.82, 2.24) is 0 Å². The summed E-state index contributed by atoms with van der Waals surface area (Å²) in [4.78, 5) is 10.2. The zero-order valence-electron chi connectivity index (χ0n) is 6.17. The van der Waals surface area contributed by atoms with Crippen LogP contribution in [0.15, 0.2) is 39.7 Å². The maximum absolute atomic E-state index is 10.2. The van der Waals surface area contributed by atoms with Gasteiger partial charge in [0.25, 0.3) is 0 Å². The number of halogens is 1. The minimum Gasteiger partial charge on any atom is -0.145 e. The zero-order chi connectivity index (χ0) is 8.27. The van der Waals surface area contributed by atoms with E-state index in [2.05, 4.69) is 5.18 Å². The van der Waals surface area contributed by atoms with Crippen LogP contribution in [-0.2, 0) is 0 Å². The molecule has 0 spiro atoms. The molecule has 0 bridgehead atoms. The molecule has 0 aromatic rings. The molecule has 0 saturated carbocycles. The van der Waals surface area contributed by atoms with E-state index in [1.54, 1.807) is 12.2 Å². The van der Waals surface area contributed by atoms with Crippen molar-refractivity contribution in [2.75, 3.05) is 0 Å². The molecule has 0 atom stereocenters. The molecule has 0 heterocycles. The Morgan fingerprint density at radius 2 is 2.36 bits per heavy atom. The van der Waals surface area contributed by atoms with Crippen molar-refractivity contribution in [3.05, 3.63) is 39.4 Å². The Labute approximate surface area is 70.2 Å². The second kappa shape index (κ2) is 3.49. The van der Waals surface area contributed by atoms with E-state index < -0.39 is 0 Å². The molecular formula is C8H8ClNO. The summed E-state index contributed by atoms with van der Waals surface area (Å²) in [6, 6.07) is 0. The molecule has 0 saturated heterocycles. The fourth-order valence-electron chi connectivity index (χ4n) is 0.865. The highest BCUT2D eigenvalue weighted by atomic mass is 35.5. The summed E-state index contributed by atoms with van der Waals surface area (Å²) in [5.74, 6) is 0. The van der Waals surface area contributed by atoms with Gasteiger partial charge >= 0.3 is 0 Å². The first kappa shape index (κ1) is 8.21. The average Bonchev–Trinajstić information content (AvgIpc) is 2.13. The topological polar surface area (TPSA) is 29.4 Å². The highest BCUT2D eigenvalue weighted by molar-refractivity contribution is 6.31. The van der Waals surface area contributed by atoms with Crippen molar-refractivity contribution in [3.63, 3.8) is 0 Å². The van der Waals surface area contributed by atoms with Crippen LogP contribution in [0, 0.1) is 4.91 Å². The molecule has 0 fully saturated rings. The van der Waals surface area contributed by atoms with Crippen molar-refractivity contribution < 1.29 is 0 Å². The molecular weight excluding hydrogens is 162 g/mol. The quantitative estimate of drug-likeness (QED) is 0.555. The first-order valence-electron chi connectivity index (χ1n) is 3.31. The van der Waals surface area contributed by atoms with Gasteiger partial charge in [-0.3, -0.25) is 0 Å². The second-order valence-corrected chi connectivity index (χ2v) is 2.83. The van der Waals surface area contributed by atoms with Crippen molar-refractivity contribution in [1.29, 1.82) is 0 Å². The van der Waals surface area contributed by atoms with Gasteiger partial charge in [0.2, 0.25) is 0 Å². The van der Waals surface area contributed by atoms with E-state index >= 15 is 0 Å². The molecule has 0 unspecified atom stereocenters. The Bertz CT molecular complexity index is 263. The number of hydrogen-bond donors (Lipinski definition) is 0. The third-order valence-electron chi connectivity index (χ3n) is 1.43. The third kappa shape index (κ3) is 2.02. The Morgan fingerprint density at radius 3 is 3.00 bits per heavy atom. The van der Waals surface area contributed by atoms with Crippen molar-refractivity contribution in [3.8, 4) is 0 Å². The van der Waals surface area contributed by atoms with Gasteiger partial charge in [-0.25, -0.2) is 0 Å². The molecule has 0 aromatic carbocycles. The van der Waals surface area contributed by atoms with Crippen LogP contribution in [0.25, 0.3) is 0 Å². The van der Waals surface area contributed by atoms with Gasteiger partial charge in [-0.05, 0) is 30.7 Å². The molecule has 0 amide bonds. The summed E-state index contributed by atoms with van der Waals surface area (Å²) in [6.07, 6.45) is 6.14. The summed E-state index contributed by atoms with van der Waals surface area (Å²) in [6.45, 7) is 1.94. The Kier molecular flexibility index (Phi) is 2.60. The summed E-state index contributed by atoms with van der Waals surface area (Å²) in [5.41, 5.74) is 1.41. The molecule has 0 N–H and O–H groups in total. The highest BCUT2D eigenvalue weighted by Crippen LogP contribution is 2.20. The average molecular weight is 170 g/mol. The Hall–Kier alpha value is -0.890. The molecule has 11 heavy (non-hydrogen) atoms. The fourth-order valence-corrected chi connectivity index (χ4v) is 1.04. The minimum absolute atomic E-state index is 0.318. The van der Waals surface area contributed by atoms with Gasteiger partial charge < -0.3 is 0 Å². The van der Waals surface area contributed by atoms with Crippen LogP contribution in [0.4, 0.5) is 0 Å². The predicted molar refractivity (Wildman–Crippen MR) is 46.2 cm³/mol. The van der Waals surface area contributed by atoms with Crippen LogP contribution in [0.2, 0.25) is 0 Å². The van der Waals surface area contributed by atoms with E-state index in [9.17, 15) is 4.91 Å². The lowest BCUT2D eigenvalue weighted by Gasteiger charge is -1.90. The number of rotatable bonds is 1. The third-order valence-corrected chi connectivity index (χ3v) is 1.75. The van der Waals surface area contributed by atoms with E-state index in [4.69, 9.17) is 11.6 Å². The Morgan fingerprint density at radius 1 is 1.64 bits per heavy atom. The number of allylic oxidation sites excluding steroid dienone is 5. The van der Waals surface area contributed by atoms with Gasteiger partial charge in [0.1, 0.15) is 5.70 Å². The van der Waals surface area contributed by atoms with E-state index in [1.807, 2.05) is 13.0 Å². The first-order valence-corrected chi connectivity index (χ1v) is 3.68. The summed E-state index contributed by atoms with van der Waals surface area (Å²) in [7, 11) is 0. The monoisotopic (exact) mass is 169 g/mol. The predicted octanol–water partition coefficient (Wildman–Crippen LogP) is 3.11. The fraction of sp³-hybridized carbons (Fsp3) is 0.250. The zero-order valence-corrected chi connectivity index (χ0v) is 6.93. The van der Waals surface area contributed by atoms with Crippen LogP contribution in [0.3, 0.4) is 0 Å². The number of hydrogen-bond acceptors (Lipinski definition) is 2. The normalized spacial score (nSPS) is 17.8. The smallest absolute Gasteiger partial charge is 0.126 e. The van der Waals surface area contributed by atoms with Gasteiger partial charge in [-0.1, -0.05) is 23.3 Å². The van der Waals surface area contributed by atoms with Gasteiger partial charge in [0, 0.05) is 0 Å². The SMILES string of the molecule is CC1=CC(N=O)=C(Cl)C=CC1. The van der Waals surface area contributed by atoms with E-state index in [-0.39, 0.29) is 0 Å². The molecule has 3 heteroatoms. The molecule has 0 aliphatic heterocycles. The van der Waals surface area contributed by atoms with Crippen LogP contribution in [0.1, 0.15) is 13.3 Å². The molecule has 0 radical (unpaired) electrons. The minimum atomic E-state index is 0.318. The molecule has 0 aromatic heterocycles. The van der Waals surface area contributed by atoms with E-state index in [1.165, 1.54) is 0 Å². The van der Waals surface area contributed by atoms with Gasteiger partial charge in [-0.15, -0.1) is 4.91 Å². The Balaban J connectivity index is 3.07. The van der Waals surface area contributed by atoms with Crippen LogP contribution >= 0.6 is 11.6 Å². The van der Waals surface area contributed by atoms with E-state index in [0.717, 1.165) is 12.0 Å². The van der Waals surface area contributed by atoms with Gasteiger partial charge in [-0.2, -0.15) is 0 Å². The maximum atomic E-state index is 10.2. The van der Waals surface area contributed by atoms with Gasteiger partial charge in [0.15, 0.2) is 0 Å². The standard InChI is InChI=1S/C8H8ClNO/c1-6-3-2-4-7(9)8(5-6)10-11/h2,4-5H,3H2,1H3. The summed E-state index contributed by atoms with van der Waals surface area (Å²) < 4.78 is 0. The molecule has 1 aliphatic rings. The van der Waals surface area contributed by atoms with Crippen LogP contribution in [-0.4, -0.2) is 0 Å². The van der Waals surface area contributed by atoms with Crippen molar-refractivity contribution in [2.24, 2.45) is 5.18 Å². The molecule has 1 rings (SSSR count).